The molecule has 49 heavy (non-hydrogen) atoms. The molecule has 2 aliphatic heterocycles. The summed E-state index contributed by atoms with van der Waals surface area (Å²) in [6.45, 7) is 6.30. The summed E-state index contributed by atoms with van der Waals surface area (Å²) < 4.78 is 3.40. The van der Waals surface area contributed by atoms with Crippen LogP contribution in [-0.4, -0.2) is 82.6 Å². The number of rotatable bonds is 7. The molecule has 0 saturated carbocycles. The lowest BCUT2D eigenvalue weighted by Crippen LogP contribution is -2.53. The molecule has 7 rings (SSSR count). The number of thiazole rings is 1. The fourth-order valence-electron chi connectivity index (χ4n) is 7.19. The zero-order valence-corrected chi connectivity index (χ0v) is 28.5. The van der Waals surface area contributed by atoms with Crippen LogP contribution in [0.15, 0.2) is 72.0 Å². The number of piperidine rings is 2. The van der Waals surface area contributed by atoms with Gasteiger partial charge in [-0.2, -0.15) is 0 Å². The summed E-state index contributed by atoms with van der Waals surface area (Å²) in [6.07, 6.45) is 6.24. The number of fused-ring (bicyclic) bond motifs is 1. The van der Waals surface area contributed by atoms with E-state index in [0.717, 1.165) is 11.1 Å². The highest BCUT2D eigenvalue weighted by Gasteiger charge is 2.42. The normalized spacial score (nSPS) is 19.3. The molecule has 5 aromatic rings. The molecule has 2 saturated heterocycles. The van der Waals surface area contributed by atoms with Crippen molar-refractivity contribution in [3.63, 3.8) is 0 Å². The van der Waals surface area contributed by atoms with Crippen LogP contribution in [0.2, 0.25) is 0 Å². The molecule has 1 aromatic carbocycles. The van der Waals surface area contributed by atoms with Gasteiger partial charge in [0, 0.05) is 62.5 Å². The van der Waals surface area contributed by atoms with Gasteiger partial charge in [-0.25, -0.2) is 15.0 Å². The van der Waals surface area contributed by atoms with Crippen LogP contribution in [0, 0.1) is 12.8 Å². The van der Waals surface area contributed by atoms with Gasteiger partial charge < -0.3 is 25.2 Å². The zero-order chi connectivity index (χ0) is 34.3. The number of aliphatic hydroxyl groups is 1. The first-order valence-electron chi connectivity index (χ1n) is 16.7. The number of nitrogens with zero attached hydrogens (tertiary/aromatic N) is 7. The molecule has 0 spiro atoms. The summed E-state index contributed by atoms with van der Waals surface area (Å²) in [6, 6.07) is 15.3. The predicted octanol–water partition coefficient (Wildman–Crippen LogP) is 3.93. The van der Waals surface area contributed by atoms with Crippen molar-refractivity contribution in [2.45, 2.75) is 57.7 Å². The van der Waals surface area contributed by atoms with Crippen LogP contribution in [0.5, 0.6) is 0 Å². The van der Waals surface area contributed by atoms with E-state index in [-0.39, 0.29) is 35.8 Å². The minimum Gasteiger partial charge on any atom is -0.388 e. The first-order valence-corrected chi connectivity index (χ1v) is 17.5. The maximum atomic E-state index is 14.2. The fourth-order valence-corrected chi connectivity index (χ4v) is 8.22. The first kappa shape index (κ1) is 32.7. The van der Waals surface area contributed by atoms with Gasteiger partial charge in [-0.1, -0.05) is 30.3 Å². The van der Waals surface area contributed by atoms with Crippen LogP contribution < -0.4 is 11.3 Å². The van der Waals surface area contributed by atoms with Crippen molar-refractivity contribution in [3.8, 4) is 10.6 Å². The molecule has 0 unspecified atom stereocenters. The molecule has 12 nitrogen and oxygen atoms in total. The van der Waals surface area contributed by atoms with Crippen LogP contribution in [0.25, 0.3) is 21.6 Å². The van der Waals surface area contributed by atoms with Crippen molar-refractivity contribution in [2.24, 2.45) is 5.92 Å². The number of aromatic nitrogens is 5. The number of likely N-dealkylation sites (tertiary alicyclic amines) is 2. The van der Waals surface area contributed by atoms with Gasteiger partial charge in [-0.05, 0) is 56.9 Å². The molecule has 0 radical (unpaired) electrons. The van der Waals surface area contributed by atoms with Crippen LogP contribution in [-0.2, 0) is 17.9 Å². The van der Waals surface area contributed by atoms with Gasteiger partial charge in [0.2, 0.25) is 5.91 Å². The lowest BCUT2D eigenvalue weighted by atomic mass is 9.79. The van der Waals surface area contributed by atoms with Crippen LogP contribution in [0.4, 0.5) is 5.82 Å². The third kappa shape index (κ3) is 6.35. The molecular weight excluding hydrogens is 641 g/mol. The van der Waals surface area contributed by atoms with Crippen LogP contribution >= 0.6 is 11.3 Å². The molecule has 2 fully saturated rings. The number of carbonyl (C=O) groups is 2. The third-order valence-corrected chi connectivity index (χ3v) is 11.2. The summed E-state index contributed by atoms with van der Waals surface area (Å²) in [5, 5.41) is 12.8. The van der Waals surface area contributed by atoms with E-state index in [1.165, 1.54) is 22.2 Å². The second-order valence-corrected chi connectivity index (χ2v) is 14.1. The van der Waals surface area contributed by atoms with E-state index in [4.69, 9.17) is 5.73 Å². The number of hydrogen-bond acceptors (Lipinski definition) is 9. The topological polar surface area (TPSA) is 152 Å². The van der Waals surface area contributed by atoms with E-state index in [0.29, 0.717) is 84.4 Å². The van der Waals surface area contributed by atoms with E-state index in [1.54, 1.807) is 18.3 Å². The largest absolute Gasteiger partial charge is 0.388 e. The Hall–Kier alpha value is -4.88. The highest BCUT2D eigenvalue weighted by Crippen LogP contribution is 2.37. The molecule has 13 heteroatoms. The lowest BCUT2D eigenvalue weighted by Gasteiger charge is -2.43. The molecule has 2 amide bonds. The lowest BCUT2D eigenvalue weighted by molar-refractivity contribution is -0.142. The second-order valence-electron chi connectivity index (χ2n) is 13.1. The van der Waals surface area contributed by atoms with E-state index in [1.807, 2.05) is 70.8 Å². The summed E-state index contributed by atoms with van der Waals surface area (Å²) in [4.78, 5) is 58.8. The molecule has 254 valence electrons. The van der Waals surface area contributed by atoms with Crippen LogP contribution in [0.1, 0.15) is 53.0 Å². The number of carbonyl (C=O) groups excluding carboxylic acids is 2. The van der Waals surface area contributed by atoms with Crippen LogP contribution in [0.3, 0.4) is 0 Å². The van der Waals surface area contributed by atoms with Gasteiger partial charge in [0.15, 0.2) is 0 Å². The quantitative estimate of drug-likeness (QED) is 0.262. The molecule has 4 aromatic heterocycles. The Morgan fingerprint density at radius 2 is 1.80 bits per heavy atom. The van der Waals surface area contributed by atoms with Gasteiger partial charge in [0.25, 0.3) is 11.5 Å². The van der Waals surface area contributed by atoms with E-state index in [2.05, 4.69) is 15.0 Å². The van der Waals surface area contributed by atoms with Gasteiger partial charge in [0.1, 0.15) is 27.7 Å². The number of hydrogen-bond donors (Lipinski definition) is 2. The molecule has 0 aliphatic carbocycles. The third-order valence-electron chi connectivity index (χ3n) is 10.0. The zero-order valence-electron chi connectivity index (χ0n) is 27.7. The van der Waals surface area contributed by atoms with Crippen molar-refractivity contribution < 1.29 is 14.7 Å². The van der Waals surface area contributed by atoms with E-state index >= 15 is 0 Å². The monoisotopic (exact) mass is 680 g/mol. The van der Waals surface area contributed by atoms with E-state index in [9.17, 15) is 19.5 Å². The Kier molecular flexibility index (Phi) is 8.80. The average Bonchev–Trinajstić information content (AvgIpc) is 3.73. The van der Waals surface area contributed by atoms with Gasteiger partial charge in [-0.15, -0.1) is 11.3 Å². The van der Waals surface area contributed by atoms with Gasteiger partial charge >= 0.3 is 0 Å². The fraction of sp³-hybridized carbons (Fsp3) is 0.389. The summed E-state index contributed by atoms with van der Waals surface area (Å²) >= 11 is 1.34. The first-order chi connectivity index (χ1) is 23.6. The smallest absolute Gasteiger partial charge is 0.265 e. The van der Waals surface area contributed by atoms with Gasteiger partial charge in [-0.3, -0.25) is 19.0 Å². The summed E-state index contributed by atoms with van der Waals surface area (Å²) in [5.74, 6) is -0.130. The average molecular weight is 681 g/mol. The summed E-state index contributed by atoms with van der Waals surface area (Å²) in [7, 11) is 0. The second kappa shape index (κ2) is 13.2. The number of benzene rings is 1. The SMILES string of the molecule is CCn1ccc2c(=O)n(CC3(O)CCN(C(=O)[C@@H]4CCN(C(=O)c5sc(-c6ccc(N)nc6)nc5C)C[C@H]4c4ccccc4)CC3)cnc21. The number of amides is 2. The predicted molar refractivity (Wildman–Crippen MR) is 188 cm³/mol. The highest BCUT2D eigenvalue weighted by atomic mass is 32.1. The Morgan fingerprint density at radius 1 is 1.02 bits per heavy atom. The van der Waals surface area contributed by atoms with Crippen molar-refractivity contribution >= 4 is 40.0 Å². The molecule has 6 heterocycles. The molecule has 2 atom stereocenters. The maximum Gasteiger partial charge on any atom is 0.265 e. The minimum atomic E-state index is -1.13. The van der Waals surface area contributed by atoms with E-state index < -0.39 is 5.60 Å². The van der Waals surface area contributed by atoms with Gasteiger partial charge in [0.05, 0.1) is 23.2 Å². The number of pyridine rings is 1. The van der Waals surface area contributed by atoms with Crippen molar-refractivity contribution in [2.75, 3.05) is 31.9 Å². The molecule has 2 aliphatic rings. The Balaban J connectivity index is 1.05. The highest BCUT2D eigenvalue weighted by molar-refractivity contribution is 7.17. The number of anilines is 1. The standard InChI is InChI=1S/C36H40N8O4S/c1-3-41-15-12-27-31(41)39-22-44(34(27)46)21-36(48)13-17-42(18-14-36)33(45)26-11-16-43(20-28(26)24-7-5-4-6-8-24)35(47)30-23(2)40-32(49-30)25-9-10-29(37)38-19-25/h4-10,12,15,19,22,26,28,48H,3,11,13-14,16-18,20-21H2,1-2H3,(H2,37,38)/t26-,28+/m1/s1. The number of nitrogens with two attached hydrogens (primary N) is 1. The summed E-state index contributed by atoms with van der Waals surface area (Å²) in [5.41, 5.74) is 7.56. The number of aryl methyl sites for hydroxylation is 2. The number of nitrogen functional groups attached to an aromatic ring is 1. The Labute approximate surface area is 287 Å². The maximum absolute atomic E-state index is 14.2. The molecule has 3 N–H and O–H groups in total. The Bertz CT molecular complexity index is 2050. The Morgan fingerprint density at radius 3 is 2.51 bits per heavy atom. The molecule has 0 bridgehead atoms. The van der Waals surface area contributed by atoms with Crippen molar-refractivity contribution in [3.05, 3.63) is 93.7 Å². The minimum absolute atomic E-state index is 0.0382. The van der Waals surface area contributed by atoms with Crippen molar-refractivity contribution in [1.29, 1.82) is 0 Å². The molecular formula is C36H40N8O4S. The van der Waals surface area contributed by atoms with Crippen molar-refractivity contribution in [1.82, 2.24) is 33.9 Å².